The zero-order valence-corrected chi connectivity index (χ0v) is 8.48. The fourth-order valence-corrected chi connectivity index (χ4v) is 0.897. The van der Waals surface area contributed by atoms with E-state index in [4.69, 9.17) is 0 Å². The minimum atomic E-state index is 0.0464. The van der Waals surface area contributed by atoms with Gasteiger partial charge in [-0.15, -0.1) is 0 Å². The van der Waals surface area contributed by atoms with E-state index in [2.05, 4.69) is 31.4 Å². The third-order valence-electron chi connectivity index (χ3n) is 2.36. The Morgan fingerprint density at radius 2 is 2.00 bits per heavy atom. The van der Waals surface area contributed by atoms with Crippen molar-refractivity contribution in [2.45, 2.75) is 33.2 Å². The van der Waals surface area contributed by atoms with Gasteiger partial charge in [0, 0.05) is 13.1 Å². The van der Waals surface area contributed by atoms with Crippen LogP contribution in [0.15, 0.2) is 0 Å². The Balaban J connectivity index is 3.56. The molecule has 0 rings (SSSR count). The van der Waals surface area contributed by atoms with Gasteiger partial charge in [0.2, 0.25) is 5.91 Å². The van der Waals surface area contributed by atoms with E-state index in [1.165, 1.54) is 0 Å². The van der Waals surface area contributed by atoms with Gasteiger partial charge in [-0.1, -0.05) is 20.3 Å². The topological polar surface area (TPSA) is 41.1 Å². The highest BCUT2D eigenvalue weighted by atomic mass is 16.1. The third-order valence-corrected chi connectivity index (χ3v) is 2.36. The van der Waals surface area contributed by atoms with Crippen LogP contribution in [0.5, 0.6) is 0 Å². The number of likely N-dealkylation sites (N-methyl/N-ethyl adjacent to an activating group) is 1. The summed E-state index contributed by atoms with van der Waals surface area (Å²) < 4.78 is 0. The highest BCUT2D eigenvalue weighted by Gasteiger charge is 2.09. The fourth-order valence-electron chi connectivity index (χ4n) is 0.897. The van der Waals surface area contributed by atoms with Crippen LogP contribution in [-0.4, -0.2) is 25.5 Å². The van der Waals surface area contributed by atoms with Crippen molar-refractivity contribution in [3.8, 4) is 0 Å². The molecule has 2 N–H and O–H groups in total. The molecular weight excluding hydrogens is 152 g/mol. The van der Waals surface area contributed by atoms with E-state index >= 15 is 0 Å². The van der Waals surface area contributed by atoms with Gasteiger partial charge in [0.05, 0.1) is 6.54 Å². The Labute approximate surface area is 74.9 Å². The lowest BCUT2D eigenvalue weighted by atomic mass is 10.0. The first-order chi connectivity index (χ1) is 5.61. The molecule has 72 valence electrons. The molecule has 0 spiro atoms. The first-order valence-electron chi connectivity index (χ1n) is 4.55. The second-order valence-electron chi connectivity index (χ2n) is 3.23. The fraction of sp³-hybridized carbons (Fsp3) is 0.889. The van der Waals surface area contributed by atoms with E-state index in [-0.39, 0.29) is 5.91 Å². The van der Waals surface area contributed by atoms with Crippen LogP contribution >= 0.6 is 0 Å². The summed E-state index contributed by atoms with van der Waals surface area (Å²) in [5.41, 5.74) is 0. The maximum absolute atomic E-state index is 10.9. The molecule has 0 aliphatic carbocycles. The predicted molar refractivity (Wildman–Crippen MR) is 51.0 cm³/mol. The van der Waals surface area contributed by atoms with Crippen LogP contribution in [0.25, 0.3) is 0 Å². The van der Waals surface area contributed by atoms with E-state index < -0.39 is 0 Å². The molecule has 3 heteroatoms. The summed E-state index contributed by atoms with van der Waals surface area (Å²) in [6.45, 7) is 6.86. The second-order valence-corrected chi connectivity index (χ2v) is 3.23. The molecule has 0 aliphatic rings. The quantitative estimate of drug-likeness (QED) is 0.642. The van der Waals surface area contributed by atoms with Gasteiger partial charge in [-0.2, -0.15) is 0 Å². The van der Waals surface area contributed by atoms with Crippen molar-refractivity contribution in [3.63, 3.8) is 0 Å². The van der Waals surface area contributed by atoms with Crippen molar-refractivity contribution in [3.05, 3.63) is 0 Å². The van der Waals surface area contributed by atoms with Gasteiger partial charge in [0.15, 0.2) is 0 Å². The number of nitrogens with one attached hydrogen (secondary N) is 2. The first-order valence-corrected chi connectivity index (χ1v) is 4.55. The molecule has 0 bridgehead atoms. The Bertz CT molecular complexity index is 136. The molecule has 2 atom stereocenters. The molecule has 0 aromatic heterocycles. The molecule has 3 nitrogen and oxygen atoms in total. The Morgan fingerprint density at radius 1 is 1.42 bits per heavy atom. The SMILES string of the molecule is CCC(C)C(C)NCC(=O)NC. The van der Waals surface area contributed by atoms with Crippen LogP contribution in [-0.2, 0) is 4.79 Å². The lowest BCUT2D eigenvalue weighted by Crippen LogP contribution is -2.39. The molecule has 0 saturated carbocycles. The zero-order valence-electron chi connectivity index (χ0n) is 8.48. The summed E-state index contributed by atoms with van der Waals surface area (Å²) >= 11 is 0. The van der Waals surface area contributed by atoms with E-state index in [9.17, 15) is 4.79 Å². The Kier molecular flexibility index (Phi) is 5.72. The monoisotopic (exact) mass is 172 g/mol. The predicted octanol–water partition coefficient (Wildman–Crippen LogP) is 0.757. The zero-order chi connectivity index (χ0) is 9.56. The molecule has 2 unspecified atom stereocenters. The summed E-state index contributed by atoms with van der Waals surface area (Å²) in [4.78, 5) is 10.9. The number of carbonyl (C=O) groups excluding carboxylic acids is 1. The summed E-state index contributed by atoms with van der Waals surface area (Å²) in [6, 6.07) is 0.410. The lowest BCUT2D eigenvalue weighted by molar-refractivity contribution is -0.119. The molecule has 0 saturated heterocycles. The van der Waals surface area contributed by atoms with E-state index in [0.717, 1.165) is 6.42 Å². The van der Waals surface area contributed by atoms with Crippen molar-refractivity contribution < 1.29 is 4.79 Å². The molecule has 0 aliphatic heterocycles. The van der Waals surface area contributed by atoms with Crippen molar-refractivity contribution in [1.82, 2.24) is 10.6 Å². The standard InChI is InChI=1S/C9H20N2O/c1-5-7(2)8(3)11-6-9(12)10-4/h7-8,11H,5-6H2,1-4H3,(H,10,12). The molecular formula is C9H20N2O. The molecule has 0 fully saturated rings. The van der Waals surface area contributed by atoms with E-state index in [1.54, 1.807) is 7.05 Å². The number of amides is 1. The Morgan fingerprint density at radius 3 is 2.42 bits per heavy atom. The van der Waals surface area contributed by atoms with Crippen molar-refractivity contribution in [2.75, 3.05) is 13.6 Å². The van der Waals surface area contributed by atoms with Gasteiger partial charge in [0.1, 0.15) is 0 Å². The van der Waals surface area contributed by atoms with Crippen LogP contribution in [0.3, 0.4) is 0 Å². The molecule has 0 aromatic rings. The minimum Gasteiger partial charge on any atom is -0.358 e. The van der Waals surface area contributed by atoms with Gasteiger partial charge >= 0.3 is 0 Å². The van der Waals surface area contributed by atoms with Crippen LogP contribution in [0.2, 0.25) is 0 Å². The largest absolute Gasteiger partial charge is 0.358 e. The van der Waals surface area contributed by atoms with Crippen LogP contribution in [0, 0.1) is 5.92 Å². The van der Waals surface area contributed by atoms with Gasteiger partial charge < -0.3 is 10.6 Å². The number of hydrogen-bond acceptors (Lipinski definition) is 2. The van der Waals surface area contributed by atoms with Gasteiger partial charge in [-0.05, 0) is 12.8 Å². The number of hydrogen-bond donors (Lipinski definition) is 2. The summed E-state index contributed by atoms with van der Waals surface area (Å²) in [7, 11) is 1.65. The normalized spacial score (nSPS) is 15.3. The lowest BCUT2D eigenvalue weighted by Gasteiger charge is -2.19. The van der Waals surface area contributed by atoms with E-state index in [0.29, 0.717) is 18.5 Å². The number of carbonyl (C=O) groups is 1. The highest BCUT2D eigenvalue weighted by molar-refractivity contribution is 5.77. The maximum Gasteiger partial charge on any atom is 0.233 e. The summed E-state index contributed by atoms with van der Waals surface area (Å²) in [6.07, 6.45) is 1.14. The molecule has 0 radical (unpaired) electrons. The van der Waals surface area contributed by atoms with Gasteiger partial charge in [0.25, 0.3) is 0 Å². The van der Waals surface area contributed by atoms with Crippen molar-refractivity contribution in [1.29, 1.82) is 0 Å². The molecule has 12 heavy (non-hydrogen) atoms. The second kappa shape index (κ2) is 6.00. The molecule has 1 amide bonds. The van der Waals surface area contributed by atoms with Gasteiger partial charge in [-0.3, -0.25) is 4.79 Å². The average molecular weight is 172 g/mol. The maximum atomic E-state index is 10.9. The number of rotatable bonds is 5. The highest BCUT2D eigenvalue weighted by Crippen LogP contribution is 2.05. The van der Waals surface area contributed by atoms with Crippen LogP contribution < -0.4 is 10.6 Å². The van der Waals surface area contributed by atoms with Crippen molar-refractivity contribution in [2.24, 2.45) is 5.92 Å². The molecule has 0 heterocycles. The van der Waals surface area contributed by atoms with Crippen LogP contribution in [0.4, 0.5) is 0 Å². The Hall–Kier alpha value is -0.570. The minimum absolute atomic E-state index is 0.0464. The molecule has 0 aromatic carbocycles. The summed E-state index contributed by atoms with van der Waals surface area (Å²) in [5.74, 6) is 0.666. The third kappa shape index (κ3) is 4.34. The van der Waals surface area contributed by atoms with E-state index in [1.807, 2.05) is 0 Å². The van der Waals surface area contributed by atoms with Crippen molar-refractivity contribution >= 4 is 5.91 Å². The first kappa shape index (κ1) is 11.4. The summed E-state index contributed by atoms with van der Waals surface area (Å²) in [5, 5.41) is 5.75. The van der Waals surface area contributed by atoms with Gasteiger partial charge in [-0.25, -0.2) is 0 Å². The van der Waals surface area contributed by atoms with Crippen LogP contribution in [0.1, 0.15) is 27.2 Å². The average Bonchev–Trinajstić information content (AvgIpc) is 2.11. The smallest absolute Gasteiger partial charge is 0.233 e.